The monoisotopic (exact) mass is 246 g/mol. The summed E-state index contributed by atoms with van der Waals surface area (Å²) in [6.07, 6.45) is 0.736. The highest BCUT2D eigenvalue weighted by atomic mass is 16.4. The van der Waals surface area contributed by atoms with Crippen molar-refractivity contribution in [2.75, 3.05) is 0 Å². The van der Waals surface area contributed by atoms with Gasteiger partial charge in [0.15, 0.2) is 0 Å². The first kappa shape index (κ1) is 12.3. The Labute approximate surface area is 104 Å². The van der Waals surface area contributed by atoms with Gasteiger partial charge in [-0.15, -0.1) is 10.2 Å². The smallest absolute Gasteiger partial charge is 0.335 e. The third-order valence-electron chi connectivity index (χ3n) is 2.43. The van der Waals surface area contributed by atoms with Gasteiger partial charge in [-0.2, -0.15) is 0 Å². The van der Waals surface area contributed by atoms with E-state index in [4.69, 9.17) is 9.52 Å². The van der Waals surface area contributed by atoms with Gasteiger partial charge in [0.05, 0.1) is 5.56 Å². The highest BCUT2D eigenvalue weighted by Gasteiger charge is 2.10. The molecule has 0 amide bonds. The zero-order valence-electron chi connectivity index (χ0n) is 10.3. The first-order valence-corrected chi connectivity index (χ1v) is 5.72. The number of hydrogen-bond donors (Lipinski definition) is 1. The first-order valence-electron chi connectivity index (χ1n) is 5.72. The summed E-state index contributed by atoms with van der Waals surface area (Å²) in [7, 11) is 0. The molecule has 0 unspecified atom stereocenters. The normalized spacial score (nSPS) is 10.8. The average molecular weight is 246 g/mol. The molecule has 0 atom stereocenters. The number of carboxylic acids is 1. The van der Waals surface area contributed by atoms with Gasteiger partial charge >= 0.3 is 5.97 Å². The lowest BCUT2D eigenvalue weighted by atomic mass is 10.1. The zero-order valence-corrected chi connectivity index (χ0v) is 10.3. The van der Waals surface area contributed by atoms with E-state index in [-0.39, 0.29) is 5.56 Å². The van der Waals surface area contributed by atoms with Gasteiger partial charge in [-0.05, 0) is 30.2 Å². The maximum Gasteiger partial charge on any atom is 0.335 e. The molecule has 94 valence electrons. The number of aromatic carboxylic acids is 1. The molecule has 0 radical (unpaired) electrons. The van der Waals surface area contributed by atoms with E-state index in [2.05, 4.69) is 24.0 Å². The molecule has 0 aliphatic heterocycles. The molecule has 0 saturated heterocycles. The van der Waals surface area contributed by atoms with Crippen LogP contribution in [0.1, 0.15) is 30.1 Å². The molecule has 0 fully saturated rings. The molecular formula is C13H14N2O3. The van der Waals surface area contributed by atoms with Gasteiger partial charge in [0, 0.05) is 12.0 Å². The number of nitrogens with zero attached hydrogens (tertiary/aromatic N) is 2. The lowest BCUT2D eigenvalue weighted by molar-refractivity contribution is 0.0697. The summed E-state index contributed by atoms with van der Waals surface area (Å²) in [6.45, 7) is 4.15. The third-order valence-corrected chi connectivity index (χ3v) is 2.43. The van der Waals surface area contributed by atoms with Crippen LogP contribution in [0.2, 0.25) is 0 Å². The molecule has 0 bridgehead atoms. The summed E-state index contributed by atoms with van der Waals surface area (Å²) in [4.78, 5) is 10.7. The highest BCUT2D eigenvalue weighted by molar-refractivity contribution is 5.88. The Bertz CT molecular complexity index is 544. The maximum absolute atomic E-state index is 10.7. The van der Waals surface area contributed by atoms with Crippen LogP contribution in [0.3, 0.4) is 0 Å². The summed E-state index contributed by atoms with van der Waals surface area (Å²) < 4.78 is 5.51. The van der Waals surface area contributed by atoms with Crippen LogP contribution < -0.4 is 0 Å². The van der Waals surface area contributed by atoms with Gasteiger partial charge in [0.25, 0.3) is 0 Å². The molecule has 5 nitrogen and oxygen atoms in total. The zero-order chi connectivity index (χ0) is 13.1. The predicted octanol–water partition coefficient (Wildman–Crippen LogP) is 2.63. The van der Waals surface area contributed by atoms with Crippen molar-refractivity contribution >= 4 is 5.97 Å². The molecule has 2 rings (SSSR count). The third kappa shape index (κ3) is 2.74. The van der Waals surface area contributed by atoms with E-state index in [9.17, 15) is 4.79 Å². The molecule has 1 aromatic heterocycles. The van der Waals surface area contributed by atoms with E-state index >= 15 is 0 Å². The maximum atomic E-state index is 10.7. The largest absolute Gasteiger partial charge is 0.478 e. The van der Waals surface area contributed by atoms with Gasteiger partial charge in [-0.1, -0.05) is 13.8 Å². The van der Waals surface area contributed by atoms with E-state index in [0.29, 0.717) is 17.7 Å². The van der Waals surface area contributed by atoms with Gasteiger partial charge in [0.2, 0.25) is 11.8 Å². The van der Waals surface area contributed by atoms with Crippen LogP contribution in [0.25, 0.3) is 11.5 Å². The minimum atomic E-state index is -0.951. The van der Waals surface area contributed by atoms with Gasteiger partial charge in [-0.25, -0.2) is 4.79 Å². The van der Waals surface area contributed by atoms with E-state index < -0.39 is 5.97 Å². The number of carbonyl (C=O) groups is 1. The molecule has 0 saturated carbocycles. The molecule has 0 aliphatic rings. The Morgan fingerprint density at radius 3 is 2.50 bits per heavy atom. The fourth-order valence-corrected chi connectivity index (χ4v) is 1.56. The van der Waals surface area contributed by atoms with Crippen LogP contribution in [-0.2, 0) is 6.42 Å². The van der Waals surface area contributed by atoms with Crippen LogP contribution in [-0.4, -0.2) is 21.3 Å². The summed E-state index contributed by atoms with van der Waals surface area (Å²) >= 11 is 0. The summed E-state index contributed by atoms with van der Waals surface area (Å²) in [5.74, 6) is 0.519. The Morgan fingerprint density at radius 1 is 1.28 bits per heavy atom. The number of aromatic nitrogens is 2. The second-order valence-electron chi connectivity index (χ2n) is 4.48. The van der Waals surface area contributed by atoms with E-state index in [1.165, 1.54) is 12.1 Å². The quantitative estimate of drug-likeness (QED) is 0.897. The van der Waals surface area contributed by atoms with Gasteiger partial charge in [-0.3, -0.25) is 0 Å². The Balaban J connectivity index is 2.20. The highest BCUT2D eigenvalue weighted by Crippen LogP contribution is 2.19. The number of carboxylic acid groups (broad SMARTS) is 1. The second-order valence-corrected chi connectivity index (χ2v) is 4.48. The van der Waals surface area contributed by atoms with Crippen molar-refractivity contribution in [3.05, 3.63) is 35.7 Å². The summed E-state index contributed by atoms with van der Waals surface area (Å²) in [5.41, 5.74) is 0.961. The van der Waals surface area contributed by atoms with Crippen molar-refractivity contribution in [1.29, 1.82) is 0 Å². The van der Waals surface area contributed by atoms with E-state index in [1.807, 2.05) is 0 Å². The lowest BCUT2D eigenvalue weighted by Gasteiger charge is -1.98. The molecular weight excluding hydrogens is 232 g/mol. The standard InChI is InChI=1S/C13H14N2O3/c1-8(2)7-11-14-15-12(18-11)9-3-5-10(6-4-9)13(16)17/h3-6,8H,7H2,1-2H3,(H,16,17). The molecule has 1 heterocycles. The molecule has 0 aliphatic carbocycles. The van der Waals surface area contributed by atoms with Crippen molar-refractivity contribution in [2.24, 2.45) is 5.92 Å². The fourth-order valence-electron chi connectivity index (χ4n) is 1.56. The van der Waals surface area contributed by atoms with E-state index in [1.54, 1.807) is 12.1 Å². The van der Waals surface area contributed by atoms with Crippen molar-refractivity contribution in [1.82, 2.24) is 10.2 Å². The van der Waals surface area contributed by atoms with Crippen molar-refractivity contribution < 1.29 is 14.3 Å². The fraction of sp³-hybridized carbons (Fsp3) is 0.308. The Hall–Kier alpha value is -2.17. The number of benzene rings is 1. The molecule has 2 aromatic rings. The molecule has 1 aromatic carbocycles. The lowest BCUT2D eigenvalue weighted by Crippen LogP contribution is -1.94. The second kappa shape index (κ2) is 5.00. The van der Waals surface area contributed by atoms with Gasteiger partial charge < -0.3 is 9.52 Å². The van der Waals surface area contributed by atoms with Crippen molar-refractivity contribution in [3.63, 3.8) is 0 Å². The Kier molecular flexibility index (Phi) is 3.41. The van der Waals surface area contributed by atoms with Gasteiger partial charge in [0.1, 0.15) is 0 Å². The first-order chi connectivity index (χ1) is 8.56. The Morgan fingerprint density at radius 2 is 1.94 bits per heavy atom. The number of hydrogen-bond acceptors (Lipinski definition) is 4. The SMILES string of the molecule is CC(C)Cc1nnc(-c2ccc(C(=O)O)cc2)o1. The van der Waals surface area contributed by atoms with E-state index in [0.717, 1.165) is 12.0 Å². The van der Waals surface area contributed by atoms with Crippen LogP contribution in [0.15, 0.2) is 28.7 Å². The molecule has 0 spiro atoms. The molecule has 18 heavy (non-hydrogen) atoms. The minimum absolute atomic E-state index is 0.237. The average Bonchev–Trinajstić information content (AvgIpc) is 2.76. The summed E-state index contributed by atoms with van der Waals surface area (Å²) in [6, 6.07) is 6.36. The van der Waals surface area contributed by atoms with Crippen LogP contribution in [0.4, 0.5) is 0 Å². The van der Waals surface area contributed by atoms with Crippen molar-refractivity contribution in [3.8, 4) is 11.5 Å². The number of rotatable bonds is 4. The minimum Gasteiger partial charge on any atom is -0.478 e. The topological polar surface area (TPSA) is 76.2 Å². The van der Waals surface area contributed by atoms with Crippen LogP contribution in [0.5, 0.6) is 0 Å². The molecule has 1 N–H and O–H groups in total. The predicted molar refractivity (Wildman–Crippen MR) is 65.2 cm³/mol. The van der Waals surface area contributed by atoms with Crippen LogP contribution in [0, 0.1) is 5.92 Å². The summed E-state index contributed by atoms with van der Waals surface area (Å²) in [5, 5.41) is 16.7. The molecule has 5 heteroatoms. The van der Waals surface area contributed by atoms with Crippen LogP contribution >= 0.6 is 0 Å². The van der Waals surface area contributed by atoms with Crippen molar-refractivity contribution in [2.45, 2.75) is 20.3 Å².